The number of nitrogens with zero attached hydrogens (tertiary/aromatic N) is 2. The van der Waals surface area contributed by atoms with Crippen LogP contribution in [0.25, 0.3) is 10.8 Å². The molecule has 22 heavy (non-hydrogen) atoms. The van der Waals surface area contributed by atoms with Crippen LogP contribution in [-0.4, -0.2) is 30.1 Å². The van der Waals surface area contributed by atoms with Crippen molar-refractivity contribution in [1.82, 2.24) is 4.90 Å². The summed E-state index contributed by atoms with van der Waals surface area (Å²) in [5.74, 6) is -0.122. The lowest BCUT2D eigenvalue weighted by Gasteiger charge is -2.20. The Morgan fingerprint density at radius 3 is 2.64 bits per heavy atom. The summed E-state index contributed by atoms with van der Waals surface area (Å²) >= 11 is 0. The summed E-state index contributed by atoms with van der Waals surface area (Å²) in [5.41, 5.74) is 1.38. The van der Waals surface area contributed by atoms with Crippen molar-refractivity contribution in [2.24, 2.45) is 0 Å². The van der Waals surface area contributed by atoms with Gasteiger partial charge in [0.05, 0.1) is 6.07 Å². The van der Waals surface area contributed by atoms with Gasteiger partial charge in [-0.3, -0.25) is 4.79 Å². The number of unbranched alkanes of at least 4 members (excludes halogenated alkanes) is 1. The molecule has 0 bridgehead atoms. The lowest BCUT2D eigenvalue weighted by atomic mass is 9.99. The van der Waals surface area contributed by atoms with Crippen molar-refractivity contribution in [3.05, 3.63) is 47.5 Å². The molecule has 0 spiro atoms. The standard InChI is InChI=1S/C18H19N3O/c1-2-3-11-21(12-10-19)18(22)17-9-8-14(13-20)15-6-4-5-7-16(15)17/h4-9,13,20H,2-3,11-12H2,1H3. The molecule has 2 aromatic carbocycles. The fourth-order valence-corrected chi connectivity index (χ4v) is 2.49. The summed E-state index contributed by atoms with van der Waals surface area (Å²) in [4.78, 5) is 14.4. The minimum Gasteiger partial charge on any atom is -0.325 e. The quantitative estimate of drug-likeness (QED) is 0.653. The SMILES string of the molecule is CCCCN(CC#N)C(=O)c1ccc(C=N)c2ccccc12. The van der Waals surface area contributed by atoms with Crippen LogP contribution in [-0.2, 0) is 0 Å². The average molecular weight is 293 g/mol. The highest BCUT2D eigenvalue weighted by atomic mass is 16.2. The van der Waals surface area contributed by atoms with Gasteiger partial charge in [-0.2, -0.15) is 5.26 Å². The maximum atomic E-state index is 12.8. The number of hydrogen-bond donors (Lipinski definition) is 1. The number of carbonyl (C=O) groups excluding carboxylic acids is 1. The third-order valence-corrected chi connectivity index (χ3v) is 3.67. The van der Waals surface area contributed by atoms with E-state index in [1.165, 1.54) is 6.21 Å². The van der Waals surface area contributed by atoms with Gasteiger partial charge in [-0.05, 0) is 28.8 Å². The molecule has 0 saturated carbocycles. The smallest absolute Gasteiger partial charge is 0.255 e. The summed E-state index contributed by atoms with van der Waals surface area (Å²) in [5, 5.41) is 18.1. The molecule has 0 heterocycles. The number of carbonyl (C=O) groups is 1. The highest BCUT2D eigenvalue weighted by molar-refractivity contribution is 6.11. The maximum Gasteiger partial charge on any atom is 0.255 e. The fourth-order valence-electron chi connectivity index (χ4n) is 2.49. The number of rotatable bonds is 6. The maximum absolute atomic E-state index is 12.8. The van der Waals surface area contributed by atoms with Gasteiger partial charge < -0.3 is 10.3 Å². The number of hydrogen-bond acceptors (Lipinski definition) is 3. The van der Waals surface area contributed by atoms with Crippen LogP contribution >= 0.6 is 0 Å². The number of amides is 1. The zero-order chi connectivity index (χ0) is 15.9. The summed E-state index contributed by atoms with van der Waals surface area (Å²) in [6.45, 7) is 2.74. The number of benzene rings is 2. The molecular formula is C18H19N3O. The molecule has 4 heteroatoms. The zero-order valence-electron chi connectivity index (χ0n) is 12.7. The van der Waals surface area contributed by atoms with Gasteiger partial charge in [0, 0.05) is 18.3 Å². The van der Waals surface area contributed by atoms with Crippen molar-refractivity contribution >= 4 is 22.9 Å². The molecule has 4 nitrogen and oxygen atoms in total. The lowest BCUT2D eigenvalue weighted by Crippen LogP contribution is -2.32. The van der Waals surface area contributed by atoms with E-state index in [2.05, 4.69) is 13.0 Å². The minimum atomic E-state index is -0.122. The molecule has 1 amide bonds. The van der Waals surface area contributed by atoms with Crippen molar-refractivity contribution in [2.45, 2.75) is 19.8 Å². The van der Waals surface area contributed by atoms with Gasteiger partial charge in [0.2, 0.25) is 0 Å². The van der Waals surface area contributed by atoms with Crippen LogP contribution in [0, 0.1) is 16.7 Å². The van der Waals surface area contributed by atoms with E-state index >= 15 is 0 Å². The zero-order valence-corrected chi connectivity index (χ0v) is 12.7. The van der Waals surface area contributed by atoms with Gasteiger partial charge in [0.25, 0.3) is 5.91 Å². The van der Waals surface area contributed by atoms with Crippen molar-refractivity contribution < 1.29 is 4.79 Å². The van der Waals surface area contributed by atoms with Crippen molar-refractivity contribution in [3.63, 3.8) is 0 Å². The van der Waals surface area contributed by atoms with Crippen LogP contribution in [0.5, 0.6) is 0 Å². The van der Waals surface area contributed by atoms with Crippen LogP contribution < -0.4 is 0 Å². The van der Waals surface area contributed by atoms with E-state index in [0.29, 0.717) is 12.1 Å². The molecule has 0 saturated heterocycles. The van der Waals surface area contributed by atoms with Gasteiger partial charge in [0.15, 0.2) is 0 Å². The van der Waals surface area contributed by atoms with Crippen molar-refractivity contribution in [1.29, 1.82) is 10.7 Å². The highest BCUT2D eigenvalue weighted by Crippen LogP contribution is 2.23. The Morgan fingerprint density at radius 2 is 2.00 bits per heavy atom. The van der Waals surface area contributed by atoms with E-state index in [0.717, 1.165) is 29.2 Å². The molecule has 0 atom stereocenters. The first-order chi connectivity index (χ1) is 10.7. The van der Waals surface area contributed by atoms with Crippen LogP contribution in [0.15, 0.2) is 36.4 Å². The first-order valence-electron chi connectivity index (χ1n) is 7.41. The molecule has 2 rings (SSSR count). The number of nitriles is 1. The van der Waals surface area contributed by atoms with Crippen LogP contribution in [0.4, 0.5) is 0 Å². The monoisotopic (exact) mass is 293 g/mol. The van der Waals surface area contributed by atoms with Gasteiger partial charge in [0.1, 0.15) is 6.54 Å². The van der Waals surface area contributed by atoms with Crippen LogP contribution in [0.2, 0.25) is 0 Å². The second-order valence-corrected chi connectivity index (χ2v) is 5.13. The van der Waals surface area contributed by atoms with E-state index in [1.807, 2.05) is 24.3 Å². The summed E-state index contributed by atoms with van der Waals surface area (Å²) in [6.07, 6.45) is 3.15. The Morgan fingerprint density at radius 1 is 1.27 bits per heavy atom. The van der Waals surface area contributed by atoms with Crippen molar-refractivity contribution in [2.75, 3.05) is 13.1 Å². The van der Waals surface area contributed by atoms with E-state index < -0.39 is 0 Å². The first-order valence-corrected chi connectivity index (χ1v) is 7.41. The fraction of sp³-hybridized carbons (Fsp3) is 0.278. The minimum absolute atomic E-state index is 0.0967. The molecule has 0 aromatic heterocycles. The van der Waals surface area contributed by atoms with Gasteiger partial charge >= 0.3 is 0 Å². The normalized spacial score (nSPS) is 10.2. The molecular weight excluding hydrogens is 274 g/mol. The molecule has 0 aliphatic rings. The topological polar surface area (TPSA) is 68.0 Å². The Bertz CT molecular complexity index is 731. The Hall–Kier alpha value is -2.67. The van der Waals surface area contributed by atoms with E-state index in [9.17, 15) is 4.79 Å². The van der Waals surface area contributed by atoms with Gasteiger partial charge in [-0.15, -0.1) is 0 Å². The van der Waals surface area contributed by atoms with Crippen molar-refractivity contribution in [3.8, 4) is 6.07 Å². The van der Waals surface area contributed by atoms with E-state index in [4.69, 9.17) is 10.7 Å². The molecule has 0 unspecified atom stereocenters. The predicted molar refractivity (Wildman–Crippen MR) is 88.3 cm³/mol. The molecule has 1 N–H and O–H groups in total. The molecule has 0 fully saturated rings. The highest BCUT2D eigenvalue weighted by Gasteiger charge is 2.18. The van der Waals surface area contributed by atoms with Crippen LogP contribution in [0.1, 0.15) is 35.7 Å². The lowest BCUT2D eigenvalue weighted by molar-refractivity contribution is 0.0776. The summed E-state index contributed by atoms with van der Waals surface area (Å²) in [7, 11) is 0. The largest absolute Gasteiger partial charge is 0.325 e. The second-order valence-electron chi connectivity index (χ2n) is 5.13. The molecule has 2 aromatic rings. The third kappa shape index (κ3) is 3.15. The third-order valence-electron chi connectivity index (χ3n) is 3.67. The van der Waals surface area contributed by atoms with E-state index in [1.54, 1.807) is 17.0 Å². The Labute approximate surface area is 130 Å². The first kappa shape index (κ1) is 15.7. The van der Waals surface area contributed by atoms with Gasteiger partial charge in [-0.1, -0.05) is 43.7 Å². The van der Waals surface area contributed by atoms with Crippen LogP contribution in [0.3, 0.4) is 0 Å². The number of nitrogens with one attached hydrogen (secondary N) is 1. The predicted octanol–water partition coefficient (Wildman–Crippen LogP) is 3.60. The molecule has 0 aliphatic heterocycles. The Kier molecular flexibility index (Phi) is 5.26. The second kappa shape index (κ2) is 7.37. The molecule has 0 radical (unpaired) electrons. The average Bonchev–Trinajstić information content (AvgIpc) is 2.57. The summed E-state index contributed by atoms with van der Waals surface area (Å²) < 4.78 is 0. The van der Waals surface area contributed by atoms with Gasteiger partial charge in [-0.25, -0.2) is 0 Å². The van der Waals surface area contributed by atoms with E-state index in [-0.39, 0.29) is 12.5 Å². The number of fused-ring (bicyclic) bond motifs is 1. The summed E-state index contributed by atoms with van der Waals surface area (Å²) in [6, 6.07) is 13.2. The molecule has 112 valence electrons. The molecule has 0 aliphatic carbocycles. The Balaban J connectivity index is 2.47.